The summed E-state index contributed by atoms with van der Waals surface area (Å²) in [5.41, 5.74) is 2.78. The van der Waals surface area contributed by atoms with Gasteiger partial charge in [0.2, 0.25) is 0 Å². The van der Waals surface area contributed by atoms with Gasteiger partial charge in [0.15, 0.2) is 5.78 Å². The summed E-state index contributed by atoms with van der Waals surface area (Å²) in [6.45, 7) is 1.68. The maximum Gasteiger partial charge on any atom is 0.170 e. The number of allylic oxidation sites excluding steroid dienone is 1. The van der Waals surface area contributed by atoms with E-state index in [9.17, 15) is 4.79 Å². The highest BCUT2D eigenvalue weighted by atomic mass is 32.2. The number of nitrogens with one attached hydrogen (secondary N) is 3. The fraction of sp³-hybridized carbons (Fsp3) is 0.353. The van der Waals surface area contributed by atoms with Crippen molar-refractivity contribution in [3.63, 3.8) is 0 Å². The number of hydrogen-bond donors (Lipinski definition) is 3. The van der Waals surface area contributed by atoms with Gasteiger partial charge in [-0.2, -0.15) is 0 Å². The monoisotopic (exact) mass is 313 g/mol. The van der Waals surface area contributed by atoms with Crippen molar-refractivity contribution in [2.75, 3.05) is 19.0 Å². The largest absolute Gasteiger partial charge is 0.379 e. The molecule has 22 heavy (non-hydrogen) atoms. The minimum atomic E-state index is -0.312. The van der Waals surface area contributed by atoms with Crippen LogP contribution in [-0.4, -0.2) is 29.7 Å². The minimum Gasteiger partial charge on any atom is -0.379 e. The zero-order chi connectivity index (χ0) is 15.0. The third-order valence-electron chi connectivity index (χ3n) is 4.68. The highest BCUT2D eigenvalue weighted by Crippen LogP contribution is 2.38. The first-order valence-electron chi connectivity index (χ1n) is 7.64. The lowest BCUT2D eigenvalue weighted by atomic mass is 9.76. The average molecular weight is 313 g/mol. The number of aromatic amines is 1. The van der Waals surface area contributed by atoms with Gasteiger partial charge < -0.3 is 15.6 Å². The summed E-state index contributed by atoms with van der Waals surface area (Å²) in [7, 11) is 0. The molecule has 1 aromatic carbocycles. The summed E-state index contributed by atoms with van der Waals surface area (Å²) in [5, 5.41) is 10.0. The summed E-state index contributed by atoms with van der Waals surface area (Å²) in [6.07, 6.45) is 3.62. The summed E-state index contributed by atoms with van der Waals surface area (Å²) in [6, 6.07) is 7.98. The molecule has 4 rings (SSSR count). The van der Waals surface area contributed by atoms with Crippen LogP contribution < -0.4 is 10.6 Å². The molecule has 0 spiro atoms. The molecule has 0 aliphatic carbocycles. The zero-order valence-corrected chi connectivity index (χ0v) is 13.1. The zero-order valence-electron chi connectivity index (χ0n) is 12.3. The van der Waals surface area contributed by atoms with E-state index in [1.165, 1.54) is 5.70 Å². The Morgan fingerprint density at radius 1 is 1.32 bits per heavy atom. The van der Waals surface area contributed by atoms with E-state index in [-0.39, 0.29) is 11.2 Å². The Labute approximate surface area is 133 Å². The molecule has 2 aliphatic rings. The predicted octanol–water partition coefficient (Wildman–Crippen LogP) is 2.86. The van der Waals surface area contributed by atoms with Crippen molar-refractivity contribution in [2.45, 2.75) is 12.8 Å². The second kappa shape index (κ2) is 5.48. The van der Waals surface area contributed by atoms with Gasteiger partial charge in [0.1, 0.15) is 0 Å². The molecule has 3 heterocycles. The number of H-pyrrole nitrogens is 1. The molecule has 1 aromatic heterocycles. The number of ketones is 1. The van der Waals surface area contributed by atoms with E-state index >= 15 is 0 Å². The van der Waals surface area contributed by atoms with Gasteiger partial charge in [-0.1, -0.05) is 0 Å². The van der Waals surface area contributed by atoms with Crippen LogP contribution in [0.3, 0.4) is 0 Å². The second-order valence-electron chi connectivity index (χ2n) is 6.12. The molecule has 0 amide bonds. The molecule has 2 aromatic rings. The molecule has 5 heteroatoms. The van der Waals surface area contributed by atoms with Gasteiger partial charge in [-0.3, -0.25) is 4.79 Å². The van der Waals surface area contributed by atoms with Crippen LogP contribution in [0.1, 0.15) is 23.2 Å². The first-order valence-corrected chi connectivity index (χ1v) is 8.69. The van der Waals surface area contributed by atoms with Crippen LogP contribution in [-0.2, 0) is 0 Å². The Morgan fingerprint density at radius 3 is 3.05 bits per heavy atom. The number of aromatic nitrogens is 1. The topological polar surface area (TPSA) is 56.9 Å². The van der Waals surface area contributed by atoms with Crippen molar-refractivity contribution in [1.29, 1.82) is 0 Å². The minimum absolute atomic E-state index is 0.264. The van der Waals surface area contributed by atoms with E-state index in [0.717, 1.165) is 48.3 Å². The Morgan fingerprint density at radius 2 is 2.27 bits per heavy atom. The maximum absolute atomic E-state index is 13.2. The molecule has 1 fully saturated rings. The third kappa shape index (κ3) is 2.34. The lowest BCUT2D eigenvalue weighted by Crippen LogP contribution is -2.35. The first-order chi connectivity index (χ1) is 10.8. The highest BCUT2D eigenvalue weighted by Gasteiger charge is 2.42. The van der Waals surface area contributed by atoms with E-state index < -0.39 is 0 Å². The maximum atomic E-state index is 13.2. The van der Waals surface area contributed by atoms with Crippen LogP contribution in [0.4, 0.5) is 0 Å². The van der Waals surface area contributed by atoms with Crippen molar-refractivity contribution in [3.8, 4) is 0 Å². The molecule has 0 radical (unpaired) electrons. The van der Waals surface area contributed by atoms with Crippen molar-refractivity contribution in [1.82, 2.24) is 15.6 Å². The molecule has 3 N–H and O–H groups in total. The van der Waals surface area contributed by atoms with Crippen molar-refractivity contribution in [2.24, 2.45) is 5.41 Å². The quantitative estimate of drug-likeness (QED) is 0.760. The molecule has 2 aliphatic heterocycles. The van der Waals surface area contributed by atoms with Gasteiger partial charge in [0, 0.05) is 41.3 Å². The standard InChI is InChI=1S/C17H19N3OS/c21-16(13-1-2-15-12(7-13)3-5-19-15)17(4-6-18-10-17)8-14-9-22-11-20-14/h1-3,5,7,9,18-20H,4,6,8,10-11H2. The molecular formula is C17H19N3OS. The van der Waals surface area contributed by atoms with Crippen molar-refractivity contribution in [3.05, 3.63) is 47.1 Å². The van der Waals surface area contributed by atoms with Crippen LogP contribution in [0.5, 0.6) is 0 Å². The number of thioether (sulfide) groups is 1. The number of Topliss-reactive ketones (excluding diaryl/α,β-unsaturated/α-hetero) is 1. The van der Waals surface area contributed by atoms with E-state index in [1.54, 1.807) is 11.8 Å². The fourth-order valence-electron chi connectivity index (χ4n) is 3.46. The van der Waals surface area contributed by atoms with Gasteiger partial charge in [0.05, 0.1) is 11.3 Å². The molecule has 4 nitrogen and oxygen atoms in total. The number of carbonyl (C=O) groups is 1. The Bertz CT molecular complexity index is 743. The predicted molar refractivity (Wildman–Crippen MR) is 90.8 cm³/mol. The van der Waals surface area contributed by atoms with Gasteiger partial charge in [-0.25, -0.2) is 0 Å². The van der Waals surface area contributed by atoms with Crippen LogP contribution in [0, 0.1) is 5.41 Å². The van der Waals surface area contributed by atoms with Crippen LogP contribution in [0.25, 0.3) is 10.9 Å². The van der Waals surface area contributed by atoms with Crippen LogP contribution >= 0.6 is 11.8 Å². The summed E-state index contributed by atoms with van der Waals surface area (Å²) in [5.74, 6) is 1.18. The third-order valence-corrected chi connectivity index (χ3v) is 5.44. The molecule has 114 valence electrons. The molecular weight excluding hydrogens is 294 g/mol. The Hall–Kier alpha value is -1.72. The summed E-state index contributed by atoms with van der Waals surface area (Å²) < 4.78 is 0. The molecule has 1 atom stereocenters. The summed E-state index contributed by atoms with van der Waals surface area (Å²) in [4.78, 5) is 16.4. The van der Waals surface area contributed by atoms with Crippen LogP contribution in [0.15, 0.2) is 41.6 Å². The lowest BCUT2D eigenvalue weighted by molar-refractivity contribution is 0.0814. The SMILES string of the molecule is O=C(c1ccc2[nH]ccc2c1)C1(CC2=CSCN2)CCNC1. The number of rotatable bonds is 4. The molecule has 0 bridgehead atoms. The first kappa shape index (κ1) is 13.9. The second-order valence-corrected chi connectivity index (χ2v) is 6.98. The number of fused-ring (bicyclic) bond motifs is 1. The van der Waals surface area contributed by atoms with Gasteiger partial charge >= 0.3 is 0 Å². The molecule has 0 saturated carbocycles. The fourth-order valence-corrected chi connectivity index (χ4v) is 4.18. The number of carbonyl (C=O) groups excluding carboxylic acids is 1. The van der Waals surface area contributed by atoms with E-state index in [4.69, 9.17) is 0 Å². The van der Waals surface area contributed by atoms with Crippen LogP contribution in [0.2, 0.25) is 0 Å². The van der Waals surface area contributed by atoms with E-state index in [1.807, 2.05) is 30.5 Å². The highest BCUT2D eigenvalue weighted by molar-refractivity contribution is 8.02. The number of hydrogen-bond acceptors (Lipinski definition) is 4. The lowest BCUT2D eigenvalue weighted by Gasteiger charge is -2.27. The Kier molecular flexibility index (Phi) is 3.47. The van der Waals surface area contributed by atoms with E-state index in [0.29, 0.717) is 0 Å². The van der Waals surface area contributed by atoms with E-state index in [2.05, 4.69) is 21.0 Å². The van der Waals surface area contributed by atoms with Gasteiger partial charge in [0.25, 0.3) is 0 Å². The smallest absolute Gasteiger partial charge is 0.170 e. The Balaban J connectivity index is 1.67. The van der Waals surface area contributed by atoms with Crippen molar-refractivity contribution >= 4 is 28.4 Å². The molecule has 1 saturated heterocycles. The average Bonchev–Trinajstić information content (AvgIpc) is 3.28. The van der Waals surface area contributed by atoms with Gasteiger partial charge in [-0.15, -0.1) is 11.8 Å². The molecule has 1 unspecified atom stereocenters. The number of benzene rings is 1. The normalized spacial score (nSPS) is 24.5. The van der Waals surface area contributed by atoms with Crippen molar-refractivity contribution < 1.29 is 4.79 Å². The van der Waals surface area contributed by atoms with Gasteiger partial charge in [-0.05, 0) is 42.6 Å². The summed E-state index contributed by atoms with van der Waals surface area (Å²) >= 11 is 1.77.